The highest BCUT2D eigenvalue weighted by Gasteiger charge is 2.55. The number of rotatable bonds is 3. The summed E-state index contributed by atoms with van der Waals surface area (Å²) in [5, 5.41) is 5.94. The fourth-order valence-electron chi connectivity index (χ4n) is 3.64. The lowest BCUT2D eigenvalue weighted by Crippen LogP contribution is -2.42. The van der Waals surface area contributed by atoms with E-state index in [0.29, 0.717) is 23.6 Å². The number of imide groups is 1. The number of amides is 4. The lowest BCUT2D eigenvalue weighted by atomic mass is 9.92. The minimum absolute atomic E-state index is 0.346. The topological polar surface area (TPSA) is 78.5 Å². The first kappa shape index (κ1) is 16.6. The van der Waals surface area contributed by atoms with E-state index in [9.17, 15) is 14.4 Å². The molecule has 0 aromatic heterocycles. The molecular weight excluding hydrogens is 354 g/mol. The number of anilines is 1. The Bertz CT molecular complexity index is 930. The molecule has 1 spiro atoms. The standard InChI is InChI=1S/C19H16ClN3O3/c20-13-5-3-6-14(10-13)21-16(24)11-23-17(25)19(22-18(23)26)9-8-12-4-1-2-7-15(12)19/h1-7,10H,8-9,11H2,(H,21,24)(H,22,26)/t19-/m1/s1. The SMILES string of the molecule is O=C(CN1C(=O)N[C@@]2(CCc3ccccc32)C1=O)Nc1cccc(Cl)c1. The molecule has 2 aromatic rings. The molecule has 6 nitrogen and oxygen atoms in total. The normalized spacial score (nSPS) is 21.0. The molecule has 26 heavy (non-hydrogen) atoms. The van der Waals surface area contributed by atoms with Crippen LogP contribution in [0.5, 0.6) is 0 Å². The van der Waals surface area contributed by atoms with Crippen molar-refractivity contribution in [1.82, 2.24) is 10.2 Å². The molecule has 1 saturated heterocycles. The van der Waals surface area contributed by atoms with Gasteiger partial charge < -0.3 is 10.6 Å². The molecule has 1 fully saturated rings. The van der Waals surface area contributed by atoms with Crippen LogP contribution in [-0.2, 0) is 21.5 Å². The number of carbonyl (C=O) groups excluding carboxylic acids is 3. The Labute approximate surface area is 155 Å². The molecule has 1 aliphatic heterocycles. The molecule has 7 heteroatoms. The van der Waals surface area contributed by atoms with Gasteiger partial charge in [-0.15, -0.1) is 0 Å². The first-order valence-electron chi connectivity index (χ1n) is 8.27. The van der Waals surface area contributed by atoms with E-state index in [1.807, 2.05) is 24.3 Å². The highest BCUT2D eigenvalue weighted by molar-refractivity contribution is 6.30. The van der Waals surface area contributed by atoms with Gasteiger partial charge in [-0.1, -0.05) is 41.9 Å². The molecule has 2 N–H and O–H groups in total. The van der Waals surface area contributed by atoms with Crippen molar-refractivity contribution in [2.24, 2.45) is 0 Å². The Hall–Kier alpha value is -2.86. The van der Waals surface area contributed by atoms with Crippen LogP contribution < -0.4 is 10.6 Å². The van der Waals surface area contributed by atoms with E-state index in [0.717, 1.165) is 16.0 Å². The van der Waals surface area contributed by atoms with Crippen LogP contribution in [0.4, 0.5) is 10.5 Å². The zero-order chi connectivity index (χ0) is 18.3. The molecule has 1 atom stereocenters. The number of fused-ring (bicyclic) bond motifs is 2. The summed E-state index contributed by atoms with van der Waals surface area (Å²) < 4.78 is 0. The van der Waals surface area contributed by atoms with Gasteiger partial charge in [-0.25, -0.2) is 4.79 Å². The van der Waals surface area contributed by atoms with Crippen LogP contribution in [0.2, 0.25) is 5.02 Å². The molecule has 4 rings (SSSR count). The number of nitrogens with one attached hydrogen (secondary N) is 2. The molecule has 0 saturated carbocycles. The number of benzene rings is 2. The Morgan fingerprint density at radius 1 is 1.19 bits per heavy atom. The number of urea groups is 1. The molecule has 4 amide bonds. The van der Waals surface area contributed by atoms with Gasteiger partial charge >= 0.3 is 6.03 Å². The summed E-state index contributed by atoms with van der Waals surface area (Å²) in [4.78, 5) is 38.6. The summed E-state index contributed by atoms with van der Waals surface area (Å²) >= 11 is 5.89. The van der Waals surface area contributed by atoms with E-state index in [1.54, 1.807) is 24.3 Å². The minimum Gasteiger partial charge on any atom is -0.324 e. The van der Waals surface area contributed by atoms with Crippen molar-refractivity contribution in [2.75, 3.05) is 11.9 Å². The minimum atomic E-state index is -1.05. The smallest absolute Gasteiger partial charge is 0.324 e. The fourth-order valence-corrected chi connectivity index (χ4v) is 3.83. The highest BCUT2D eigenvalue weighted by Crippen LogP contribution is 2.41. The molecule has 132 valence electrons. The van der Waals surface area contributed by atoms with Crippen LogP contribution in [0.15, 0.2) is 48.5 Å². The predicted molar refractivity (Wildman–Crippen MR) is 96.8 cm³/mol. The molecule has 0 radical (unpaired) electrons. The van der Waals surface area contributed by atoms with Gasteiger partial charge in [0.1, 0.15) is 12.1 Å². The van der Waals surface area contributed by atoms with Crippen molar-refractivity contribution in [3.63, 3.8) is 0 Å². The van der Waals surface area contributed by atoms with Crippen LogP contribution in [0.1, 0.15) is 17.5 Å². The Balaban J connectivity index is 1.53. The van der Waals surface area contributed by atoms with Crippen molar-refractivity contribution in [1.29, 1.82) is 0 Å². The van der Waals surface area contributed by atoms with E-state index >= 15 is 0 Å². The average molecular weight is 370 g/mol. The Kier molecular flexibility index (Phi) is 3.92. The second-order valence-electron chi connectivity index (χ2n) is 6.44. The number of carbonyl (C=O) groups is 3. The van der Waals surface area contributed by atoms with E-state index in [-0.39, 0.29) is 12.5 Å². The maximum Gasteiger partial charge on any atom is 0.325 e. The number of hydrogen-bond donors (Lipinski definition) is 2. The zero-order valence-electron chi connectivity index (χ0n) is 13.8. The summed E-state index contributed by atoms with van der Waals surface area (Å²) in [6.45, 7) is -0.346. The zero-order valence-corrected chi connectivity index (χ0v) is 14.5. The number of hydrogen-bond acceptors (Lipinski definition) is 3. The maximum absolute atomic E-state index is 13.0. The van der Waals surface area contributed by atoms with Crippen molar-refractivity contribution in [3.05, 3.63) is 64.7 Å². The van der Waals surface area contributed by atoms with Crippen molar-refractivity contribution in [3.8, 4) is 0 Å². The quantitative estimate of drug-likeness (QED) is 0.816. The molecular formula is C19H16ClN3O3. The second-order valence-corrected chi connectivity index (χ2v) is 6.88. The van der Waals surface area contributed by atoms with Gasteiger partial charge in [0.2, 0.25) is 5.91 Å². The van der Waals surface area contributed by atoms with E-state index in [4.69, 9.17) is 11.6 Å². The van der Waals surface area contributed by atoms with Gasteiger partial charge in [-0.05, 0) is 42.2 Å². The number of nitrogens with zero attached hydrogens (tertiary/aromatic N) is 1. The van der Waals surface area contributed by atoms with Crippen LogP contribution >= 0.6 is 11.6 Å². The first-order valence-corrected chi connectivity index (χ1v) is 8.65. The molecule has 2 aliphatic rings. The first-order chi connectivity index (χ1) is 12.5. The van der Waals surface area contributed by atoms with E-state index in [2.05, 4.69) is 10.6 Å². The summed E-state index contributed by atoms with van der Waals surface area (Å²) in [6.07, 6.45) is 1.22. The van der Waals surface area contributed by atoms with E-state index in [1.165, 1.54) is 0 Å². The third-order valence-electron chi connectivity index (χ3n) is 4.83. The Morgan fingerprint density at radius 2 is 2.00 bits per heavy atom. The maximum atomic E-state index is 13.0. The summed E-state index contributed by atoms with van der Waals surface area (Å²) in [6, 6.07) is 13.7. The summed E-state index contributed by atoms with van der Waals surface area (Å²) in [7, 11) is 0. The van der Waals surface area contributed by atoms with Crippen molar-refractivity contribution >= 4 is 35.1 Å². The molecule has 1 heterocycles. The van der Waals surface area contributed by atoms with Crippen LogP contribution in [0, 0.1) is 0 Å². The predicted octanol–water partition coefficient (Wildman–Crippen LogP) is 2.67. The van der Waals surface area contributed by atoms with Gasteiger partial charge in [-0.2, -0.15) is 0 Å². The summed E-state index contributed by atoms with van der Waals surface area (Å²) in [5.74, 6) is -0.840. The monoisotopic (exact) mass is 369 g/mol. The molecule has 1 aliphatic carbocycles. The fraction of sp³-hybridized carbons (Fsp3) is 0.211. The molecule has 2 aromatic carbocycles. The van der Waals surface area contributed by atoms with Crippen LogP contribution in [0.3, 0.4) is 0 Å². The van der Waals surface area contributed by atoms with Gasteiger partial charge in [0.25, 0.3) is 5.91 Å². The van der Waals surface area contributed by atoms with Crippen LogP contribution in [-0.4, -0.2) is 29.3 Å². The van der Waals surface area contributed by atoms with Gasteiger partial charge in [0.15, 0.2) is 0 Å². The van der Waals surface area contributed by atoms with Crippen molar-refractivity contribution in [2.45, 2.75) is 18.4 Å². The third kappa shape index (κ3) is 2.63. The lowest BCUT2D eigenvalue weighted by molar-refractivity contribution is -0.134. The summed E-state index contributed by atoms with van der Waals surface area (Å²) in [5.41, 5.74) is 1.32. The second kappa shape index (κ2) is 6.14. The van der Waals surface area contributed by atoms with Crippen LogP contribution in [0.25, 0.3) is 0 Å². The van der Waals surface area contributed by atoms with Gasteiger partial charge in [0, 0.05) is 10.7 Å². The van der Waals surface area contributed by atoms with E-state index < -0.39 is 17.5 Å². The number of halogens is 1. The average Bonchev–Trinajstić information content (AvgIpc) is 3.09. The molecule has 0 bridgehead atoms. The number of aryl methyl sites for hydroxylation is 1. The third-order valence-corrected chi connectivity index (χ3v) is 5.07. The lowest BCUT2D eigenvalue weighted by Gasteiger charge is -2.22. The largest absolute Gasteiger partial charge is 0.325 e. The van der Waals surface area contributed by atoms with Gasteiger partial charge in [0.05, 0.1) is 0 Å². The Morgan fingerprint density at radius 3 is 2.81 bits per heavy atom. The van der Waals surface area contributed by atoms with Gasteiger partial charge in [-0.3, -0.25) is 14.5 Å². The van der Waals surface area contributed by atoms with Crippen molar-refractivity contribution < 1.29 is 14.4 Å². The highest BCUT2D eigenvalue weighted by atomic mass is 35.5. The molecule has 0 unspecified atom stereocenters.